The number of esters is 1. The molecule has 0 radical (unpaired) electrons. The molecule has 26 heavy (non-hydrogen) atoms. The van der Waals surface area contributed by atoms with Gasteiger partial charge in [0, 0.05) is 5.02 Å². The smallest absolute Gasteiger partial charge is 0.338 e. The van der Waals surface area contributed by atoms with Gasteiger partial charge in [-0.2, -0.15) is 0 Å². The zero-order valence-electron chi connectivity index (χ0n) is 13.7. The van der Waals surface area contributed by atoms with Gasteiger partial charge in [-0.05, 0) is 42.8 Å². The van der Waals surface area contributed by atoms with Crippen molar-refractivity contribution >= 4 is 51.9 Å². The molecule has 0 aliphatic rings. The van der Waals surface area contributed by atoms with Crippen LogP contribution < -0.4 is 5.32 Å². The predicted molar refractivity (Wildman–Crippen MR) is 98.6 cm³/mol. The van der Waals surface area contributed by atoms with Crippen LogP contribution in [0.1, 0.15) is 23.7 Å². The minimum atomic E-state index is -0.970. The minimum Gasteiger partial charge on any atom is -0.449 e. The SMILES string of the molecule is CCC(OC(=O)c1ccc2ocnc2c1)C(=O)Nc1ccc(Cl)cc1Cl. The van der Waals surface area contributed by atoms with Gasteiger partial charge in [0.2, 0.25) is 0 Å². The number of ether oxygens (including phenoxy) is 1. The van der Waals surface area contributed by atoms with Gasteiger partial charge in [-0.15, -0.1) is 0 Å². The van der Waals surface area contributed by atoms with Gasteiger partial charge in [-0.25, -0.2) is 9.78 Å². The lowest BCUT2D eigenvalue weighted by atomic mass is 10.2. The molecule has 0 aliphatic carbocycles. The largest absolute Gasteiger partial charge is 0.449 e. The van der Waals surface area contributed by atoms with E-state index in [1.54, 1.807) is 37.3 Å². The summed E-state index contributed by atoms with van der Waals surface area (Å²) in [4.78, 5) is 28.7. The molecule has 0 saturated carbocycles. The number of fused-ring (bicyclic) bond motifs is 1. The van der Waals surface area contributed by atoms with Gasteiger partial charge in [0.1, 0.15) is 5.52 Å². The Kier molecular flexibility index (Phi) is 5.44. The summed E-state index contributed by atoms with van der Waals surface area (Å²) in [6.07, 6.45) is 0.620. The zero-order valence-corrected chi connectivity index (χ0v) is 15.2. The number of nitrogens with one attached hydrogen (secondary N) is 1. The summed E-state index contributed by atoms with van der Waals surface area (Å²) in [6, 6.07) is 9.41. The second-order valence-corrected chi connectivity index (χ2v) is 6.29. The molecule has 0 saturated heterocycles. The summed E-state index contributed by atoms with van der Waals surface area (Å²) < 4.78 is 10.5. The maximum absolute atomic E-state index is 12.4. The third kappa shape index (κ3) is 3.98. The fourth-order valence-corrected chi connectivity index (χ4v) is 2.76. The van der Waals surface area contributed by atoms with Crippen LogP contribution in [0.5, 0.6) is 0 Å². The molecular weight excluding hydrogens is 379 g/mol. The molecule has 1 amide bonds. The monoisotopic (exact) mass is 392 g/mol. The van der Waals surface area contributed by atoms with Crippen LogP contribution in [0.15, 0.2) is 47.2 Å². The van der Waals surface area contributed by atoms with Crippen molar-refractivity contribution in [1.29, 1.82) is 0 Å². The molecule has 3 aromatic rings. The fraction of sp³-hybridized carbons (Fsp3) is 0.167. The second-order valence-electron chi connectivity index (χ2n) is 5.45. The molecule has 0 aliphatic heterocycles. The van der Waals surface area contributed by atoms with Crippen molar-refractivity contribution in [3.05, 3.63) is 58.4 Å². The highest BCUT2D eigenvalue weighted by atomic mass is 35.5. The van der Waals surface area contributed by atoms with Gasteiger partial charge in [0.05, 0.1) is 16.3 Å². The molecule has 1 heterocycles. The Bertz CT molecular complexity index is 971. The van der Waals surface area contributed by atoms with Crippen LogP contribution in [-0.4, -0.2) is 23.0 Å². The second kappa shape index (κ2) is 7.76. The molecule has 1 aromatic heterocycles. The highest BCUT2D eigenvalue weighted by Crippen LogP contribution is 2.26. The Morgan fingerprint density at radius 1 is 1.23 bits per heavy atom. The number of carbonyl (C=O) groups is 2. The van der Waals surface area contributed by atoms with Crippen molar-refractivity contribution in [3.63, 3.8) is 0 Å². The van der Waals surface area contributed by atoms with E-state index in [9.17, 15) is 9.59 Å². The number of amides is 1. The first kappa shape index (κ1) is 18.2. The molecule has 0 bridgehead atoms. The summed E-state index contributed by atoms with van der Waals surface area (Å²) in [5, 5.41) is 3.39. The van der Waals surface area contributed by atoms with E-state index < -0.39 is 18.0 Å². The van der Waals surface area contributed by atoms with E-state index in [4.69, 9.17) is 32.4 Å². The Morgan fingerprint density at radius 2 is 2.04 bits per heavy atom. The zero-order chi connectivity index (χ0) is 18.7. The van der Waals surface area contributed by atoms with E-state index in [0.29, 0.717) is 33.3 Å². The fourth-order valence-electron chi connectivity index (χ4n) is 2.31. The number of anilines is 1. The Morgan fingerprint density at radius 3 is 2.77 bits per heavy atom. The molecule has 0 spiro atoms. The van der Waals surface area contributed by atoms with Crippen molar-refractivity contribution in [1.82, 2.24) is 4.98 Å². The predicted octanol–water partition coefficient (Wildman–Crippen LogP) is 4.71. The average molecular weight is 393 g/mol. The van der Waals surface area contributed by atoms with Crippen molar-refractivity contribution in [2.75, 3.05) is 5.32 Å². The first-order chi connectivity index (χ1) is 12.5. The number of benzene rings is 2. The quantitative estimate of drug-likeness (QED) is 0.635. The first-order valence-electron chi connectivity index (χ1n) is 7.78. The summed E-state index contributed by atoms with van der Waals surface area (Å²) in [7, 11) is 0. The number of aromatic nitrogens is 1. The lowest BCUT2D eigenvalue weighted by Crippen LogP contribution is -2.32. The van der Waals surface area contributed by atoms with Gasteiger partial charge in [0.15, 0.2) is 18.1 Å². The van der Waals surface area contributed by atoms with Gasteiger partial charge in [-0.1, -0.05) is 30.1 Å². The lowest BCUT2D eigenvalue weighted by Gasteiger charge is -2.16. The third-order valence-electron chi connectivity index (χ3n) is 3.67. The van der Waals surface area contributed by atoms with Crippen molar-refractivity contribution < 1.29 is 18.7 Å². The van der Waals surface area contributed by atoms with E-state index >= 15 is 0 Å². The van der Waals surface area contributed by atoms with Crippen LogP contribution in [0.25, 0.3) is 11.1 Å². The van der Waals surface area contributed by atoms with Crippen molar-refractivity contribution in [3.8, 4) is 0 Å². The maximum atomic E-state index is 12.4. The molecule has 8 heteroatoms. The number of hydrogen-bond acceptors (Lipinski definition) is 5. The normalized spacial score (nSPS) is 12.0. The van der Waals surface area contributed by atoms with Crippen LogP contribution in [0.3, 0.4) is 0 Å². The number of carbonyl (C=O) groups excluding carboxylic acids is 2. The molecular formula is C18H14Cl2N2O4. The van der Waals surface area contributed by atoms with Crippen LogP contribution in [0.4, 0.5) is 5.69 Å². The minimum absolute atomic E-state index is 0.280. The Labute approximate surface area is 159 Å². The van der Waals surface area contributed by atoms with E-state index in [1.807, 2.05) is 0 Å². The van der Waals surface area contributed by atoms with Crippen LogP contribution in [0.2, 0.25) is 10.0 Å². The number of nitrogens with zero attached hydrogens (tertiary/aromatic N) is 1. The van der Waals surface area contributed by atoms with Crippen LogP contribution >= 0.6 is 23.2 Å². The van der Waals surface area contributed by atoms with Crippen molar-refractivity contribution in [2.45, 2.75) is 19.4 Å². The average Bonchev–Trinajstić information content (AvgIpc) is 3.09. The molecule has 6 nitrogen and oxygen atoms in total. The summed E-state index contributed by atoms with van der Waals surface area (Å²) >= 11 is 11.9. The van der Waals surface area contributed by atoms with Gasteiger partial charge < -0.3 is 14.5 Å². The van der Waals surface area contributed by atoms with E-state index in [0.717, 1.165) is 0 Å². The molecule has 1 unspecified atom stereocenters. The van der Waals surface area contributed by atoms with Crippen LogP contribution in [-0.2, 0) is 9.53 Å². The van der Waals surface area contributed by atoms with Crippen LogP contribution in [0, 0.1) is 0 Å². The molecule has 2 aromatic carbocycles. The number of hydrogen-bond donors (Lipinski definition) is 1. The lowest BCUT2D eigenvalue weighted by molar-refractivity contribution is -0.124. The first-order valence-corrected chi connectivity index (χ1v) is 8.53. The molecule has 0 fully saturated rings. The van der Waals surface area contributed by atoms with E-state index in [1.165, 1.54) is 12.5 Å². The third-order valence-corrected chi connectivity index (χ3v) is 4.22. The highest BCUT2D eigenvalue weighted by molar-refractivity contribution is 6.36. The standard InChI is InChI=1S/C18H14Cl2N2O4/c1-2-15(17(23)22-13-5-4-11(19)8-12(13)20)26-18(24)10-3-6-16-14(7-10)21-9-25-16/h3-9,15H,2H2,1H3,(H,22,23). The molecule has 3 rings (SSSR count). The van der Waals surface area contributed by atoms with Gasteiger partial charge in [-0.3, -0.25) is 4.79 Å². The number of oxazole rings is 1. The van der Waals surface area contributed by atoms with E-state index in [2.05, 4.69) is 10.3 Å². The maximum Gasteiger partial charge on any atom is 0.338 e. The highest BCUT2D eigenvalue weighted by Gasteiger charge is 2.23. The molecule has 1 N–H and O–H groups in total. The van der Waals surface area contributed by atoms with Crippen molar-refractivity contribution in [2.24, 2.45) is 0 Å². The Hall–Kier alpha value is -2.57. The number of rotatable bonds is 5. The molecule has 1 atom stereocenters. The summed E-state index contributed by atoms with van der Waals surface area (Å²) in [6.45, 7) is 1.74. The summed E-state index contributed by atoms with van der Waals surface area (Å²) in [5.41, 5.74) is 1.76. The molecule has 134 valence electrons. The van der Waals surface area contributed by atoms with Gasteiger partial charge in [0.25, 0.3) is 5.91 Å². The topological polar surface area (TPSA) is 81.4 Å². The Balaban J connectivity index is 1.71. The summed E-state index contributed by atoms with van der Waals surface area (Å²) in [5.74, 6) is -1.10. The number of halogens is 2. The van der Waals surface area contributed by atoms with Gasteiger partial charge >= 0.3 is 5.97 Å². The van der Waals surface area contributed by atoms with E-state index in [-0.39, 0.29) is 5.56 Å².